The maximum atomic E-state index is 3.49. The van der Waals surface area contributed by atoms with Gasteiger partial charge >= 0.3 is 0 Å². The number of nitrogens with one attached hydrogen (secondary N) is 1. The van der Waals surface area contributed by atoms with Crippen molar-refractivity contribution in [2.75, 3.05) is 0 Å². The monoisotopic (exact) mass is 231 g/mol. The van der Waals surface area contributed by atoms with Crippen molar-refractivity contribution in [2.24, 2.45) is 0 Å². The van der Waals surface area contributed by atoms with E-state index in [0.29, 0.717) is 0 Å². The van der Waals surface area contributed by atoms with Crippen LogP contribution < -0.4 is 4.57 Å². The maximum Gasteiger partial charge on any atom is 0.255 e. The minimum atomic E-state index is 1.04. The van der Waals surface area contributed by atoms with Crippen molar-refractivity contribution in [3.8, 4) is 0 Å². The van der Waals surface area contributed by atoms with Crippen molar-refractivity contribution in [1.29, 1.82) is 0 Å². The fourth-order valence-electron chi connectivity index (χ4n) is 2.10. The van der Waals surface area contributed by atoms with E-state index in [9.17, 15) is 0 Å². The lowest BCUT2D eigenvalue weighted by atomic mass is 10.2. The number of aromatic nitrogens is 2. The molecule has 0 aliphatic carbocycles. The Morgan fingerprint density at radius 1 is 1.25 bits per heavy atom. The Hall–Kier alpha value is -1.22. The van der Waals surface area contributed by atoms with E-state index in [-0.39, 0.29) is 0 Å². The number of nitrogens with zero attached hydrogens (tertiary/aromatic N) is 1. The molecule has 0 atom stereocenters. The highest BCUT2D eigenvalue weighted by Gasteiger charge is 2.20. The minimum Gasteiger partial charge on any atom is -0.236 e. The second kappa shape index (κ2) is 4.34. The van der Waals surface area contributed by atoms with Crippen LogP contribution in [0.4, 0.5) is 0 Å². The molecule has 0 bridgehead atoms. The Morgan fingerprint density at radius 2 is 2.12 bits per heavy atom. The smallest absolute Gasteiger partial charge is 0.236 e. The summed E-state index contributed by atoms with van der Waals surface area (Å²) in [6, 6.07) is 10.6. The molecule has 3 heteroatoms. The molecule has 3 rings (SSSR count). The van der Waals surface area contributed by atoms with E-state index >= 15 is 0 Å². The first kappa shape index (κ1) is 9.97. The first-order valence-corrected chi connectivity index (χ1v) is 6.68. The van der Waals surface area contributed by atoms with Gasteiger partial charge in [0, 0.05) is 5.75 Å². The van der Waals surface area contributed by atoms with Crippen LogP contribution >= 0.6 is 11.8 Å². The molecule has 0 fully saturated rings. The molecular formula is C13H15N2S+. The molecule has 2 heterocycles. The van der Waals surface area contributed by atoms with Crippen LogP contribution in [-0.4, -0.2) is 4.98 Å². The maximum absolute atomic E-state index is 3.49. The third kappa shape index (κ3) is 2.00. The first-order chi connectivity index (χ1) is 7.92. The first-order valence-electron chi connectivity index (χ1n) is 5.70. The minimum absolute atomic E-state index is 1.04. The van der Waals surface area contributed by atoms with Crippen molar-refractivity contribution >= 4 is 11.8 Å². The van der Waals surface area contributed by atoms with E-state index < -0.39 is 0 Å². The quantitative estimate of drug-likeness (QED) is 0.635. The van der Waals surface area contributed by atoms with Crippen LogP contribution in [0.2, 0.25) is 0 Å². The molecule has 0 spiro atoms. The largest absolute Gasteiger partial charge is 0.255 e. The number of hydrogen-bond acceptors (Lipinski definition) is 1. The van der Waals surface area contributed by atoms with Gasteiger partial charge in [0.05, 0.1) is 13.0 Å². The van der Waals surface area contributed by atoms with E-state index in [1.807, 2.05) is 11.8 Å². The predicted octanol–water partition coefficient (Wildman–Crippen LogP) is 2.54. The summed E-state index contributed by atoms with van der Waals surface area (Å²) < 4.78 is 2.34. The summed E-state index contributed by atoms with van der Waals surface area (Å²) in [5, 5.41) is 1.29. The number of aryl methyl sites for hydroxylation is 2. The second-order valence-corrected chi connectivity index (χ2v) is 5.15. The van der Waals surface area contributed by atoms with Crippen LogP contribution in [0.1, 0.15) is 17.8 Å². The molecule has 1 aliphatic rings. The molecular weight excluding hydrogens is 216 g/mol. The van der Waals surface area contributed by atoms with E-state index in [0.717, 1.165) is 5.75 Å². The molecule has 1 aliphatic heterocycles. The Kier molecular flexibility index (Phi) is 2.70. The molecule has 82 valence electrons. The summed E-state index contributed by atoms with van der Waals surface area (Å²) in [6.45, 7) is 1.18. The highest BCUT2D eigenvalue weighted by molar-refractivity contribution is 7.98. The van der Waals surface area contributed by atoms with Gasteiger partial charge in [-0.1, -0.05) is 42.1 Å². The van der Waals surface area contributed by atoms with Crippen molar-refractivity contribution in [3.05, 3.63) is 47.9 Å². The topological polar surface area (TPSA) is 19.7 Å². The average Bonchev–Trinajstić information content (AvgIpc) is 2.88. The van der Waals surface area contributed by atoms with E-state index in [2.05, 4.69) is 46.1 Å². The van der Waals surface area contributed by atoms with E-state index in [4.69, 9.17) is 0 Å². The van der Waals surface area contributed by atoms with Gasteiger partial charge < -0.3 is 0 Å². The standard InChI is InChI=1S/C13H14N2S/c1-2-5-11(6-3-1)10-16-13-9-15-8-4-7-12(15)14-13/h1-3,5-6,9H,4,7-8,10H2/p+1. The van der Waals surface area contributed by atoms with Gasteiger partial charge in [-0.3, -0.25) is 0 Å². The lowest BCUT2D eigenvalue weighted by Crippen LogP contribution is -2.29. The molecule has 0 amide bonds. The fraction of sp³-hybridized carbons (Fsp3) is 0.308. The van der Waals surface area contributed by atoms with Crippen LogP contribution in [-0.2, 0) is 18.7 Å². The summed E-state index contributed by atoms with van der Waals surface area (Å²) in [6.07, 6.45) is 4.73. The predicted molar refractivity (Wildman–Crippen MR) is 65.3 cm³/mol. The normalized spacial score (nSPS) is 14.0. The number of rotatable bonds is 3. The molecule has 0 saturated carbocycles. The number of H-pyrrole nitrogens is 1. The van der Waals surface area contributed by atoms with Crippen LogP contribution in [0.25, 0.3) is 0 Å². The third-order valence-electron chi connectivity index (χ3n) is 2.94. The van der Waals surface area contributed by atoms with E-state index in [1.165, 1.54) is 35.8 Å². The number of fused-ring (bicyclic) bond motifs is 1. The van der Waals surface area contributed by atoms with Gasteiger partial charge in [-0.05, 0) is 12.0 Å². The van der Waals surface area contributed by atoms with Crippen LogP contribution in [0, 0.1) is 0 Å². The van der Waals surface area contributed by atoms with Gasteiger partial charge in [0.15, 0.2) is 5.03 Å². The number of imidazole rings is 1. The zero-order valence-corrected chi connectivity index (χ0v) is 9.96. The summed E-state index contributed by atoms with van der Waals surface area (Å²) in [5.41, 5.74) is 1.38. The SMILES string of the molecule is c1ccc(CSc2c[n+]3c([nH]2)CCC3)cc1. The molecule has 0 saturated heterocycles. The molecule has 1 N–H and O–H groups in total. The van der Waals surface area contributed by atoms with Gasteiger partial charge in [-0.2, -0.15) is 0 Å². The molecule has 0 radical (unpaired) electrons. The number of hydrogen-bond donors (Lipinski definition) is 1. The van der Waals surface area contributed by atoms with Crippen LogP contribution in [0.5, 0.6) is 0 Å². The van der Waals surface area contributed by atoms with Gasteiger partial charge in [0.25, 0.3) is 5.82 Å². The highest BCUT2D eigenvalue weighted by Crippen LogP contribution is 2.21. The second-order valence-electron chi connectivity index (χ2n) is 4.14. The summed E-state index contributed by atoms with van der Waals surface area (Å²) >= 11 is 1.88. The van der Waals surface area contributed by atoms with Crippen LogP contribution in [0.15, 0.2) is 41.6 Å². The summed E-state index contributed by atoms with van der Waals surface area (Å²) in [7, 11) is 0. The number of thioether (sulfide) groups is 1. The lowest BCUT2D eigenvalue weighted by molar-refractivity contribution is -0.690. The average molecular weight is 231 g/mol. The number of benzene rings is 1. The Morgan fingerprint density at radius 3 is 2.94 bits per heavy atom. The van der Waals surface area contributed by atoms with Crippen molar-refractivity contribution in [3.63, 3.8) is 0 Å². The zero-order valence-electron chi connectivity index (χ0n) is 9.15. The molecule has 1 aromatic heterocycles. The Bertz CT molecular complexity index is 454. The molecule has 1 aromatic carbocycles. The molecule has 16 heavy (non-hydrogen) atoms. The molecule has 0 unspecified atom stereocenters. The van der Waals surface area contributed by atoms with Gasteiger partial charge in [-0.25, -0.2) is 9.55 Å². The highest BCUT2D eigenvalue weighted by atomic mass is 32.2. The Labute approximate surface area is 99.7 Å². The van der Waals surface area contributed by atoms with Crippen molar-refractivity contribution < 1.29 is 4.57 Å². The summed E-state index contributed by atoms with van der Waals surface area (Å²) in [5.74, 6) is 2.43. The Balaban J connectivity index is 1.67. The van der Waals surface area contributed by atoms with Crippen LogP contribution in [0.3, 0.4) is 0 Å². The van der Waals surface area contributed by atoms with Crippen molar-refractivity contribution in [1.82, 2.24) is 4.98 Å². The number of aromatic amines is 1. The van der Waals surface area contributed by atoms with Gasteiger partial charge in [0.1, 0.15) is 6.20 Å². The lowest BCUT2D eigenvalue weighted by Gasteiger charge is -1.96. The third-order valence-corrected chi connectivity index (χ3v) is 3.93. The molecule has 2 aromatic rings. The van der Waals surface area contributed by atoms with Crippen molar-refractivity contribution in [2.45, 2.75) is 30.2 Å². The zero-order chi connectivity index (χ0) is 10.8. The molecule has 2 nitrogen and oxygen atoms in total. The van der Waals surface area contributed by atoms with E-state index in [1.54, 1.807) is 0 Å². The van der Waals surface area contributed by atoms with Gasteiger partial charge in [-0.15, -0.1) is 0 Å². The fourth-order valence-corrected chi connectivity index (χ4v) is 3.00. The van der Waals surface area contributed by atoms with Gasteiger partial charge in [0.2, 0.25) is 0 Å². The summed E-state index contributed by atoms with van der Waals surface area (Å²) in [4.78, 5) is 3.49.